The Morgan fingerprint density at radius 1 is 0.400 bits per heavy atom. The smallest absolute Gasteiger partial charge is 0.246 e. The Hall–Kier alpha value is -5.49. The largest absolute Gasteiger partial charge is 0.345 e. The van der Waals surface area contributed by atoms with Gasteiger partial charge in [-0.15, -0.1) is 39.5 Å². The lowest BCUT2D eigenvalue weighted by atomic mass is 10.0. The van der Waals surface area contributed by atoms with E-state index in [9.17, 15) is 14.4 Å². The molecule has 0 spiro atoms. The van der Waals surface area contributed by atoms with Gasteiger partial charge in [0.2, 0.25) is 0 Å². The molecule has 0 aliphatic rings. The van der Waals surface area contributed by atoms with E-state index in [0.717, 1.165) is 47.1 Å². The first kappa shape index (κ1) is 32.4. The summed E-state index contributed by atoms with van der Waals surface area (Å²) in [7, 11) is 0. The lowest BCUT2D eigenvalue weighted by Gasteiger charge is -2.20. The molecule has 6 heteroatoms. The first-order chi connectivity index (χ1) is 21.8. The maximum atomic E-state index is 14.5. The second kappa shape index (κ2) is 14.8. The molecule has 0 unspecified atom stereocenters. The maximum absolute atomic E-state index is 14.5. The van der Waals surface area contributed by atoms with Crippen molar-refractivity contribution in [2.24, 2.45) is 0 Å². The highest BCUT2D eigenvalue weighted by atomic mass is 16.2. The highest BCUT2D eigenvalue weighted by Crippen LogP contribution is 2.21. The van der Waals surface area contributed by atoms with Crippen LogP contribution in [0.3, 0.4) is 0 Å². The van der Waals surface area contributed by atoms with Gasteiger partial charge >= 0.3 is 17.1 Å². The summed E-state index contributed by atoms with van der Waals surface area (Å²) in [5.74, 6) is 0. The molecule has 0 aliphatic heterocycles. The van der Waals surface area contributed by atoms with Gasteiger partial charge in [-0.25, -0.2) is 28.1 Å². The molecule has 0 bridgehead atoms. The topological polar surface area (TPSA) is 66.0 Å². The van der Waals surface area contributed by atoms with Gasteiger partial charge in [0.25, 0.3) is 0 Å². The van der Waals surface area contributed by atoms with Crippen LogP contribution in [0.1, 0.15) is 33.4 Å². The molecule has 4 aromatic rings. The predicted molar refractivity (Wildman–Crippen MR) is 187 cm³/mol. The van der Waals surface area contributed by atoms with Crippen molar-refractivity contribution < 1.29 is 0 Å². The molecule has 0 saturated carbocycles. The maximum Gasteiger partial charge on any atom is 0.345 e. The van der Waals surface area contributed by atoms with Crippen LogP contribution in [-0.4, -0.2) is 13.7 Å². The molecule has 6 nitrogen and oxygen atoms in total. The second-order valence-electron chi connectivity index (χ2n) is 10.7. The highest BCUT2D eigenvalue weighted by Gasteiger charge is 2.23. The number of hydrogen-bond acceptors (Lipinski definition) is 3. The summed E-state index contributed by atoms with van der Waals surface area (Å²) in [5.41, 5.74) is 3.93. The first-order valence-corrected chi connectivity index (χ1v) is 14.9. The molecular formula is C39H39N3O3. The number of hydrogen-bond donors (Lipinski definition) is 0. The van der Waals surface area contributed by atoms with E-state index in [0.29, 0.717) is 55.6 Å². The van der Waals surface area contributed by atoms with Crippen LogP contribution in [0.15, 0.2) is 145 Å². The third-order valence-electron chi connectivity index (χ3n) is 7.54. The molecule has 0 amide bonds. The van der Waals surface area contributed by atoms with Gasteiger partial charge in [-0.3, -0.25) is 0 Å². The molecule has 1 heterocycles. The van der Waals surface area contributed by atoms with Crippen LogP contribution in [0.4, 0.5) is 0 Å². The van der Waals surface area contributed by atoms with Gasteiger partial charge in [-0.2, -0.15) is 0 Å². The van der Waals surface area contributed by atoms with Crippen LogP contribution in [0.25, 0.3) is 17.1 Å². The van der Waals surface area contributed by atoms with Gasteiger partial charge in [-0.05, 0) is 90.1 Å². The third kappa shape index (κ3) is 6.70. The molecule has 1 aromatic heterocycles. The van der Waals surface area contributed by atoms with Gasteiger partial charge in [0.05, 0.1) is 17.1 Å². The molecular weight excluding hydrogens is 558 g/mol. The number of rotatable bonds is 15. The van der Waals surface area contributed by atoms with Crippen LogP contribution >= 0.6 is 0 Å². The Morgan fingerprint density at radius 2 is 0.644 bits per heavy atom. The summed E-state index contributed by atoms with van der Waals surface area (Å²) in [4.78, 5) is 43.4. The zero-order valence-electron chi connectivity index (χ0n) is 25.7. The van der Waals surface area contributed by atoms with Crippen LogP contribution in [0.2, 0.25) is 0 Å². The summed E-state index contributed by atoms with van der Waals surface area (Å²) in [6.07, 6.45) is 13.6. The minimum absolute atomic E-state index is 0.377. The van der Waals surface area contributed by atoms with E-state index in [1.807, 2.05) is 36.4 Å². The summed E-state index contributed by atoms with van der Waals surface area (Å²) >= 11 is 0. The lowest BCUT2D eigenvalue weighted by Crippen LogP contribution is -2.53. The number of aromatic nitrogens is 3. The zero-order chi connectivity index (χ0) is 32.5. The molecule has 0 aliphatic carbocycles. The molecule has 3 aromatic carbocycles. The van der Waals surface area contributed by atoms with Gasteiger partial charge in [0, 0.05) is 0 Å². The second-order valence-corrected chi connectivity index (χ2v) is 10.7. The van der Waals surface area contributed by atoms with Crippen molar-refractivity contribution in [3.8, 4) is 17.1 Å². The van der Waals surface area contributed by atoms with Crippen LogP contribution < -0.4 is 17.1 Å². The molecule has 228 valence electrons. The van der Waals surface area contributed by atoms with Gasteiger partial charge < -0.3 is 0 Å². The average Bonchev–Trinajstić information content (AvgIpc) is 3.01. The Kier molecular flexibility index (Phi) is 10.7. The van der Waals surface area contributed by atoms with Crippen molar-refractivity contribution in [1.29, 1.82) is 0 Å². The molecule has 0 radical (unpaired) electrons. The van der Waals surface area contributed by atoms with Crippen molar-refractivity contribution in [2.45, 2.75) is 38.5 Å². The van der Waals surface area contributed by atoms with E-state index in [2.05, 4.69) is 39.5 Å². The van der Waals surface area contributed by atoms with Gasteiger partial charge in [-0.1, -0.05) is 72.9 Å². The lowest BCUT2D eigenvalue weighted by molar-refractivity contribution is 0.653. The summed E-state index contributed by atoms with van der Waals surface area (Å²) in [5, 5.41) is 0. The molecule has 45 heavy (non-hydrogen) atoms. The Balaban J connectivity index is 2.21. The standard InChI is InChI=1S/C39H39N3O3/c1-7-13-28-19-22-34(31(25-28)16-10-4)40-37(43)41(35-23-20-29(14-8-2)26-32(35)17-11-5)39(45)42(38(40)44)36-24-21-30(15-9-3)27-33(36)18-12-6/h7-12,19-27H,1-6,13-18H2. The van der Waals surface area contributed by atoms with E-state index in [1.54, 1.807) is 54.7 Å². The Labute approximate surface area is 264 Å². The van der Waals surface area contributed by atoms with Crippen LogP contribution in [-0.2, 0) is 38.5 Å². The fraction of sp³-hybridized carbons (Fsp3) is 0.154. The number of allylic oxidation sites excluding steroid dienone is 6. The van der Waals surface area contributed by atoms with Crippen LogP contribution in [0.5, 0.6) is 0 Å². The van der Waals surface area contributed by atoms with Crippen molar-refractivity contribution >= 4 is 0 Å². The number of nitrogens with zero attached hydrogens (tertiary/aromatic N) is 3. The van der Waals surface area contributed by atoms with Crippen molar-refractivity contribution in [2.75, 3.05) is 0 Å². The monoisotopic (exact) mass is 597 g/mol. The molecule has 0 fully saturated rings. The third-order valence-corrected chi connectivity index (χ3v) is 7.54. The summed E-state index contributed by atoms with van der Waals surface area (Å²) in [6, 6.07) is 16.6. The molecule has 0 N–H and O–H groups in total. The van der Waals surface area contributed by atoms with E-state index < -0.39 is 17.1 Å². The SMILES string of the molecule is C=CCc1ccc(-n2c(=O)n(-c3ccc(CC=C)cc3CC=C)c(=O)n(-c3ccc(CC=C)cc3CC=C)c2=O)c(CC=C)c1. The van der Waals surface area contributed by atoms with Crippen molar-refractivity contribution in [3.05, 3.63) is 195 Å². The van der Waals surface area contributed by atoms with Crippen molar-refractivity contribution in [3.63, 3.8) is 0 Å². The first-order valence-electron chi connectivity index (χ1n) is 14.9. The van der Waals surface area contributed by atoms with Crippen LogP contribution in [0, 0.1) is 0 Å². The zero-order valence-corrected chi connectivity index (χ0v) is 25.7. The van der Waals surface area contributed by atoms with E-state index in [4.69, 9.17) is 0 Å². The fourth-order valence-corrected chi connectivity index (χ4v) is 5.57. The van der Waals surface area contributed by atoms with E-state index in [1.165, 1.54) is 0 Å². The van der Waals surface area contributed by atoms with E-state index >= 15 is 0 Å². The molecule has 4 rings (SSSR count). The molecule has 0 saturated heterocycles. The quantitative estimate of drug-likeness (QED) is 0.147. The predicted octanol–water partition coefficient (Wildman–Crippen LogP) is 6.51. The molecule has 0 atom stereocenters. The fourth-order valence-electron chi connectivity index (χ4n) is 5.57. The normalized spacial score (nSPS) is 10.7. The minimum Gasteiger partial charge on any atom is -0.246 e. The Bertz CT molecular complexity index is 1730. The summed E-state index contributed by atoms with van der Waals surface area (Å²) < 4.78 is 3.26. The van der Waals surface area contributed by atoms with Crippen molar-refractivity contribution in [1.82, 2.24) is 13.7 Å². The Morgan fingerprint density at radius 3 is 0.867 bits per heavy atom. The van der Waals surface area contributed by atoms with Gasteiger partial charge in [0.15, 0.2) is 0 Å². The van der Waals surface area contributed by atoms with Gasteiger partial charge in [0.1, 0.15) is 0 Å². The summed E-state index contributed by atoms with van der Waals surface area (Å²) in [6.45, 7) is 23.2. The average molecular weight is 598 g/mol. The van der Waals surface area contributed by atoms with E-state index in [-0.39, 0.29) is 0 Å². The highest BCUT2D eigenvalue weighted by molar-refractivity contribution is 5.50. The minimum atomic E-state index is -0.765. The number of benzene rings is 3.